The fraction of sp³-hybridized carbons (Fsp3) is 0.650. The Morgan fingerprint density at radius 1 is 0.542 bits per heavy atom. The van der Waals surface area contributed by atoms with Crippen molar-refractivity contribution in [2.24, 2.45) is 0 Å². The largest absolute Gasteiger partial charge is 0.543 e. The second kappa shape index (κ2) is 11.8. The van der Waals surface area contributed by atoms with Gasteiger partial charge in [-0.15, -0.1) is 0 Å². The summed E-state index contributed by atoms with van der Waals surface area (Å²) in [5.74, 6) is 0.855. The van der Waals surface area contributed by atoms with Crippen LogP contribution in [0.25, 0.3) is 12.2 Å². The van der Waals surface area contributed by atoms with Gasteiger partial charge in [-0.05, 0) is 109 Å². The van der Waals surface area contributed by atoms with E-state index in [9.17, 15) is 0 Å². The van der Waals surface area contributed by atoms with Gasteiger partial charge in [-0.1, -0.05) is 65.8 Å². The van der Waals surface area contributed by atoms with Crippen LogP contribution in [0.3, 0.4) is 0 Å². The summed E-state index contributed by atoms with van der Waals surface area (Å²) in [5.41, 5.74) is 7.59. The van der Waals surface area contributed by atoms with E-state index < -0.39 is 28.2 Å². The van der Waals surface area contributed by atoms with E-state index in [0.29, 0.717) is 0 Å². The predicted molar refractivity (Wildman–Crippen MR) is 200 cm³/mol. The summed E-state index contributed by atoms with van der Waals surface area (Å²) in [6.45, 7) is 31.2. The van der Waals surface area contributed by atoms with Crippen LogP contribution in [0.2, 0.25) is 36.3 Å². The highest BCUT2D eigenvalue weighted by molar-refractivity contribution is 6.75. The molecule has 0 amide bonds. The van der Waals surface area contributed by atoms with Gasteiger partial charge in [0.15, 0.2) is 11.6 Å². The maximum absolute atomic E-state index is 6.97. The smallest absolute Gasteiger partial charge is 0.250 e. The SMILES string of the molecule is CC1(C)O[C@H]2Cc3c(O[Si](C)(C)C(C)(C)C)ccc(/C=C/c4ccc(O[Si](C)(C)C(C)(C)C)c5c4C[C@H]4OC(C)(C)O[C@H]4C5)c3C[C@H]2O1. The molecule has 0 bridgehead atoms. The van der Waals surface area contributed by atoms with Crippen LogP contribution in [0.4, 0.5) is 0 Å². The first-order valence-corrected chi connectivity index (χ1v) is 23.8. The quantitative estimate of drug-likeness (QED) is 0.222. The minimum absolute atomic E-state index is 0.0276. The minimum atomic E-state index is -2.05. The summed E-state index contributed by atoms with van der Waals surface area (Å²) < 4.78 is 39.6. The Kier molecular flexibility index (Phi) is 8.82. The van der Waals surface area contributed by atoms with Crippen molar-refractivity contribution in [3.05, 3.63) is 57.6 Å². The molecule has 2 aromatic rings. The van der Waals surface area contributed by atoms with Gasteiger partial charge < -0.3 is 27.8 Å². The maximum Gasteiger partial charge on any atom is 0.250 e. The molecule has 48 heavy (non-hydrogen) atoms. The molecule has 0 aromatic heterocycles. The van der Waals surface area contributed by atoms with Gasteiger partial charge in [-0.25, -0.2) is 0 Å². The Hall–Kier alpha value is -1.95. The molecule has 264 valence electrons. The average molecular weight is 693 g/mol. The third kappa shape index (κ3) is 6.87. The molecular weight excluding hydrogens is 633 g/mol. The van der Waals surface area contributed by atoms with E-state index in [-0.39, 0.29) is 34.5 Å². The first-order chi connectivity index (χ1) is 22.0. The highest BCUT2D eigenvalue weighted by Gasteiger charge is 2.48. The van der Waals surface area contributed by atoms with Gasteiger partial charge in [0.25, 0.3) is 0 Å². The summed E-state index contributed by atoms with van der Waals surface area (Å²) in [7, 11) is -4.10. The van der Waals surface area contributed by atoms with E-state index >= 15 is 0 Å². The van der Waals surface area contributed by atoms with E-state index in [1.54, 1.807) is 0 Å². The maximum atomic E-state index is 6.97. The Morgan fingerprint density at radius 3 is 1.12 bits per heavy atom. The van der Waals surface area contributed by atoms with Crippen LogP contribution in [-0.2, 0) is 44.6 Å². The van der Waals surface area contributed by atoms with Gasteiger partial charge in [-0.2, -0.15) is 0 Å². The Bertz CT molecular complexity index is 1470. The summed E-state index contributed by atoms with van der Waals surface area (Å²) in [4.78, 5) is 0. The average Bonchev–Trinajstić information content (AvgIpc) is 3.41. The van der Waals surface area contributed by atoms with Crippen LogP contribution in [0.15, 0.2) is 24.3 Å². The van der Waals surface area contributed by atoms with Crippen molar-refractivity contribution >= 4 is 28.8 Å². The third-order valence-corrected chi connectivity index (χ3v) is 20.5. The van der Waals surface area contributed by atoms with Crippen molar-refractivity contribution in [1.82, 2.24) is 0 Å². The molecule has 2 aliphatic heterocycles. The van der Waals surface area contributed by atoms with Crippen LogP contribution in [0, 0.1) is 0 Å². The van der Waals surface area contributed by atoms with Gasteiger partial charge in [0, 0.05) is 25.7 Å². The Morgan fingerprint density at radius 2 is 0.833 bits per heavy atom. The number of ether oxygens (including phenoxy) is 4. The lowest BCUT2D eigenvalue weighted by atomic mass is 9.83. The fourth-order valence-corrected chi connectivity index (χ4v) is 9.26. The molecule has 8 heteroatoms. The lowest BCUT2D eigenvalue weighted by Gasteiger charge is -2.38. The van der Waals surface area contributed by atoms with Crippen molar-refractivity contribution < 1.29 is 27.8 Å². The van der Waals surface area contributed by atoms with Crippen LogP contribution < -0.4 is 8.85 Å². The molecule has 4 atom stereocenters. The number of benzene rings is 2. The molecule has 0 N–H and O–H groups in total. The molecular formula is C40H60O6Si2. The van der Waals surface area contributed by atoms with Crippen LogP contribution >= 0.6 is 0 Å². The van der Waals surface area contributed by atoms with Crippen molar-refractivity contribution in [3.8, 4) is 11.5 Å². The topological polar surface area (TPSA) is 55.4 Å². The zero-order chi connectivity index (χ0) is 35.2. The molecule has 6 rings (SSSR count). The predicted octanol–water partition coefficient (Wildman–Crippen LogP) is 9.86. The lowest BCUT2D eigenvalue weighted by Crippen LogP contribution is -2.44. The summed E-state index contributed by atoms with van der Waals surface area (Å²) in [5, 5.41) is 0.207. The van der Waals surface area contributed by atoms with Gasteiger partial charge in [0.05, 0.1) is 24.4 Å². The zero-order valence-corrected chi connectivity index (χ0v) is 34.1. The summed E-state index contributed by atoms with van der Waals surface area (Å²) >= 11 is 0. The van der Waals surface area contributed by atoms with Gasteiger partial charge in [0.2, 0.25) is 16.6 Å². The number of hydrogen-bond acceptors (Lipinski definition) is 6. The molecule has 0 spiro atoms. The monoisotopic (exact) mass is 692 g/mol. The minimum Gasteiger partial charge on any atom is -0.543 e. The standard InChI is InChI=1S/C40H60O6Si2/c1-37(2,3)47(11,12)45-31-19-17-25(27-21-33-35(23-29(27)31)43-39(7,8)41-33)15-16-26-18-20-32(46-48(13,14)38(4,5)6)30-24-36-34(22-28(26)30)42-40(9,10)44-36/h15-20,33-36H,21-24H2,1-14H3/b16-15+/t33-,34-,35+,36+/m1/s1. The van der Waals surface area contributed by atoms with Gasteiger partial charge >= 0.3 is 0 Å². The van der Waals surface area contributed by atoms with Crippen LogP contribution in [0.5, 0.6) is 11.5 Å². The van der Waals surface area contributed by atoms with Crippen LogP contribution in [0.1, 0.15) is 103 Å². The van der Waals surface area contributed by atoms with E-state index in [0.717, 1.165) is 37.2 Å². The van der Waals surface area contributed by atoms with Crippen molar-refractivity contribution in [2.45, 2.75) is 167 Å². The Balaban J connectivity index is 1.39. The summed E-state index contributed by atoms with van der Waals surface area (Å²) in [6, 6.07) is 8.88. The highest BCUT2D eigenvalue weighted by atomic mass is 28.4. The first-order valence-electron chi connectivity index (χ1n) is 18.0. The van der Waals surface area contributed by atoms with Crippen molar-refractivity contribution in [1.29, 1.82) is 0 Å². The molecule has 2 saturated heterocycles. The first kappa shape index (κ1) is 35.9. The number of hydrogen-bond donors (Lipinski definition) is 0. The number of fused-ring (bicyclic) bond motifs is 4. The molecule has 0 unspecified atom stereocenters. The normalized spacial score (nSPS) is 26.5. The third-order valence-electron chi connectivity index (χ3n) is 11.8. The lowest BCUT2D eigenvalue weighted by molar-refractivity contribution is -0.145. The molecule has 2 heterocycles. The molecule has 2 aliphatic carbocycles. The van der Waals surface area contributed by atoms with E-state index in [1.807, 2.05) is 27.7 Å². The highest BCUT2D eigenvalue weighted by Crippen LogP contribution is 2.46. The van der Waals surface area contributed by atoms with E-state index in [2.05, 4.69) is 104 Å². The molecule has 2 aromatic carbocycles. The fourth-order valence-electron chi connectivity index (χ4n) is 7.16. The molecule has 0 radical (unpaired) electrons. The van der Waals surface area contributed by atoms with Gasteiger partial charge in [-0.3, -0.25) is 0 Å². The second-order valence-electron chi connectivity index (χ2n) is 18.5. The molecule has 6 nitrogen and oxygen atoms in total. The molecule has 2 fully saturated rings. The summed E-state index contributed by atoms with van der Waals surface area (Å²) in [6.07, 6.45) is 7.90. The zero-order valence-electron chi connectivity index (χ0n) is 32.1. The van der Waals surface area contributed by atoms with Crippen molar-refractivity contribution in [3.63, 3.8) is 0 Å². The van der Waals surface area contributed by atoms with E-state index in [1.165, 1.54) is 33.4 Å². The second-order valence-corrected chi connectivity index (χ2v) is 28.0. The Labute approximate surface area is 292 Å². The molecule has 0 saturated carbocycles. The number of rotatable bonds is 6. The molecule has 4 aliphatic rings. The van der Waals surface area contributed by atoms with Gasteiger partial charge in [0.1, 0.15) is 11.5 Å². The van der Waals surface area contributed by atoms with Crippen LogP contribution in [-0.4, -0.2) is 52.6 Å². The van der Waals surface area contributed by atoms with Crippen molar-refractivity contribution in [2.75, 3.05) is 0 Å². The van der Waals surface area contributed by atoms with E-state index in [4.69, 9.17) is 27.8 Å².